The number of carbonyl (C=O) groups excluding carboxylic acids is 3. The monoisotopic (exact) mass is 623 g/mol. The molecule has 0 spiro atoms. The van der Waals surface area contributed by atoms with Crippen molar-refractivity contribution in [3.8, 4) is 11.8 Å². The Balaban J connectivity index is 1.62. The average molecular weight is 624 g/mol. The Hall–Kier alpha value is -4.60. The molecule has 2 aliphatic rings. The summed E-state index contributed by atoms with van der Waals surface area (Å²) in [6, 6.07) is 14.1. The third kappa shape index (κ3) is 6.49. The molecule has 10 nitrogen and oxygen atoms in total. The number of halogens is 3. The minimum Gasteiger partial charge on any atom is -0.491 e. The number of benzene rings is 2. The molecule has 44 heavy (non-hydrogen) atoms. The van der Waals surface area contributed by atoms with Gasteiger partial charge in [-0.15, -0.1) is 0 Å². The Morgan fingerprint density at radius 3 is 2.68 bits per heavy atom. The van der Waals surface area contributed by atoms with Crippen LogP contribution in [0.25, 0.3) is 0 Å². The number of nitrogens with zero attached hydrogens (tertiary/aromatic N) is 4. The minimum absolute atomic E-state index is 0.00245. The molecule has 1 saturated carbocycles. The number of aliphatic hydroxyl groups excluding tert-OH is 1. The van der Waals surface area contributed by atoms with Crippen molar-refractivity contribution in [2.24, 2.45) is 0 Å². The fraction of sp³-hybridized carbons (Fsp3) is 0.323. The summed E-state index contributed by atoms with van der Waals surface area (Å²) in [5.74, 6) is -4.33. The van der Waals surface area contributed by atoms with E-state index in [0.717, 1.165) is 0 Å². The molecular weight excluding hydrogens is 596 g/mol. The lowest BCUT2D eigenvalue weighted by atomic mass is 9.87. The van der Waals surface area contributed by atoms with Gasteiger partial charge in [0.05, 0.1) is 18.2 Å². The number of anilines is 2. The first-order valence-electron chi connectivity index (χ1n) is 13.9. The van der Waals surface area contributed by atoms with Crippen LogP contribution >= 0.6 is 11.6 Å². The van der Waals surface area contributed by atoms with E-state index in [2.05, 4.69) is 10.3 Å². The third-order valence-electron chi connectivity index (χ3n) is 7.45. The van der Waals surface area contributed by atoms with Crippen molar-refractivity contribution in [1.82, 2.24) is 10.3 Å². The van der Waals surface area contributed by atoms with Crippen molar-refractivity contribution in [1.29, 1.82) is 5.26 Å². The molecule has 1 unspecified atom stereocenters. The first-order valence-corrected chi connectivity index (χ1v) is 14.3. The number of nitriles is 1. The second-order valence-electron chi connectivity index (χ2n) is 10.5. The summed E-state index contributed by atoms with van der Waals surface area (Å²) in [6.07, 6.45) is 0.354. The maximum absolute atomic E-state index is 14.7. The zero-order chi connectivity index (χ0) is 31.4. The maximum Gasteiger partial charge on any atom is 0.252 e. The van der Waals surface area contributed by atoms with Gasteiger partial charge in [0.25, 0.3) is 11.8 Å². The standard InChI is InChI=1S/C31H28ClF2N5O5/c32-24-7-2-1-6-23(24)28(29(42)37-20-16-31(33,34)17-20)38(21-4-3-5-22(15-21)44-13-12-40)30(43)25-8-9-27(41)39(25)26-14-19(18-35)10-11-36-26/h1-7,10-11,14-15,20,25,28,40H,8-9,12-13,16-17H2,(H,37,42)/t25?,28-/m0/s1. The number of hydrogen-bond acceptors (Lipinski definition) is 7. The molecule has 2 fully saturated rings. The van der Waals surface area contributed by atoms with Gasteiger partial charge in [0.2, 0.25) is 11.8 Å². The van der Waals surface area contributed by atoms with Crippen LogP contribution < -0.4 is 19.9 Å². The van der Waals surface area contributed by atoms with E-state index in [-0.39, 0.29) is 59.5 Å². The van der Waals surface area contributed by atoms with Crippen LogP contribution in [0.4, 0.5) is 20.3 Å². The van der Waals surface area contributed by atoms with Crippen LogP contribution in [0, 0.1) is 11.3 Å². The number of carbonyl (C=O) groups is 3. The van der Waals surface area contributed by atoms with E-state index < -0.39 is 54.6 Å². The van der Waals surface area contributed by atoms with Gasteiger partial charge in [0.1, 0.15) is 30.3 Å². The number of rotatable bonds is 10. The lowest BCUT2D eigenvalue weighted by Crippen LogP contribution is -2.56. The molecule has 3 amide bonds. The van der Waals surface area contributed by atoms with Crippen LogP contribution in [-0.4, -0.2) is 59.0 Å². The molecular formula is C31H28ClF2N5O5. The van der Waals surface area contributed by atoms with Crippen LogP contribution in [0.1, 0.15) is 42.9 Å². The quantitative estimate of drug-likeness (QED) is 0.346. The summed E-state index contributed by atoms with van der Waals surface area (Å²) in [6.45, 7) is -0.301. The third-order valence-corrected chi connectivity index (χ3v) is 7.80. The number of pyridine rings is 1. The molecule has 228 valence electrons. The summed E-state index contributed by atoms with van der Waals surface area (Å²) in [5.41, 5.74) is 0.660. The van der Waals surface area contributed by atoms with E-state index in [4.69, 9.17) is 16.3 Å². The SMILES string of the molecule is N#Cc1ccnc(N2C(=O)CCC2C(=O)N(c2cccc(OCCO)c2)[C@H](C(=O)NC2CC(F)(F)C2)c2ccccc2Cl)c1. The fourth-order valence-electron chi connectivity index (χ4n) is 5.41. The van der Waals surface area contributed by atoms with E-state index in [1.165, 1.54) is 34.2 Å². The van der Waals surface area contributed by atoms with Gasteiger partial charge in [0, 0.05) is 53.8 Å². The maximum atomic E-state index is 14.7. The largest absolute Gasteiger partial charge is 0.491 e. The lowest BCUT2D eigenvalue weighted by molar-refractivity contribution is -0.133. The Kier molecular flexibility index (Phi) is 9.08. The first kappa shape index (κ1) is 30.8. The van der Waals surface area contributed by atoms with E-state index in [1.54, 1.807) is 42.5 Å². The highest BCUT2D eigenvalue weighted by atomic mass is 35.5. The van der Waals surface area contributed by atoms with Crippen molar-refractivity contribution in [2.75, 3.05) is 23.0 Å². The van der Waals surface area contributed by atoms with Crippen LogP contribution in [0.2, 0.25) is 5.02 Å². The van der Waals surface area contributed by atoms with Gasteiger partial charge in [-0.25, -0.2) is 13.8 Å². The number of ether oxygens (including phenoxy) is 1. The number of alkyl halides is 2. The summed E-state index contributed by atoms with van der Waals surface area (Å²) >= 11 is 6.57. The Bertz CT molecular complexity index is 1610. The van der Waals surface area contributed by atoms with Gasteiger partial charge in [-0.1, -0.05) is 35.9 Å². The molecule has 1 aliphatic carbocycles. The van der Waals surface area contributed by atoms with Gasteiger partial charge in [-0.3, -0.25) is 24.2 Å². The Morgan fingerprint density at radius 1 is 1.20 bits per heavy atom. The van der Waals surface area contributed by atoms with E-state index in [1.807, 2.05) is 6.07 Å². The lowest BCUT2D eigenvalue weighted by Gasteiger charge is -2.39. The summed E-state index contributed by atoms with van der Waals surface area (Å²) < 4.78 is 32.9. The number of aliphatic hydroxyl groups is 1. The molecule has 5 rings (SSSR count). The van der Waals surface area contributed by atoms with Crippen LogP contribution in [-0.2, 0) is 14.4 Å². The number of hydrogen-bond donors (Lipinski definition) is 2. The first-order chi connectivity index (χ1) is 21.1. The Morgan fingerprint density at radius 2 is 1.98 bits per heavy atom. The highest BCUT2D eigenvalue weighted by Gasteiger charge is 2.48. The zero-order valence-electron chi connectivity index (χ0n) is 23.3. The van der Waals surface area contributed by atoms with Gasteiger partial charge in [-0.2, -0.15) is 5.26 Å². The van der Waals surface area contributed by atoms with Crippen LogP contribution in [0.3, 0.4) is 0 Å². The molecule has 0 radical (unpaired) electrons. The number of nitrogens with one attached hydrogen (secondary N) is 1. The highest BCUT2D eigenvalue weighted by Crippen LogP contribution is 2.40. The molecule has 1 saturated heterocycles. The normalized spacial score (nSPS) is 18.2. The molecule has 13 heteroatoms. The van der Waals surface area contributed by atoms with E-state index >= 15 is 0 Å². The predicted molar refractivity (Wildman–Crippen MR) is 156 cm³/mol. The average Bonchev–Trinajstić information content (AvgIpc) is 3.39. The molecule has 2 atom stereocenters. The molecule has 2 aromatic carbocycles. The molecule has 2 N–H and O–H groups in total. The van der Waals surface area contributed by atoms with Crippen molar-refractivity contribution in [3.63, 3.8) is 0 Å². The molecule has 3 aromatic rings. The topological polar surface area (TPSA) is 136 Å². The van der Waals surface area contributed by atoms with Gasteiger partial charge in [0.15, 0.2) is 0 Å². The fourth-order valence-corrected chi connectivity index (χ4v) is 5.65. The van der Waals surface area contributed by atoms with Gasteiger partial charge >= 0.3 is 0 Å². The van der Waals surface area contributed by atoms with Crippen molar-refractivity contribution < 1.29 is 33.0 Å². The van der Waals surface area contributed by atoms with Gasteiger partial charge in [-0.05, 0) is 36.8 Å². The summed E-state index contributed by atoms with van der Waals surface area (Å²) in [7, 11) is 0. The van der Waals surface area contributed by atoms with Crippen LogP contribution in [0.5, 0.6) is 5.75 Å². The van der Waals surface area contributed by atoms with Crippen LogP contribution in [0.15, 0.2) is 66.9 Å². The second-order valence-corrected chi connectivity index (χ2v) is 10.9. The number of amides is 3. The number of aromatic nitrogens is 1. The molecule has 0 bridgehead atoms. The smallest absolute Gasteiger partial charge is 0.252 e. The van der Waals surface area contributed by atoms with Gasteiger partial charge < -0.3 is 15.2 Å². The van der Waals surface area contributed by atoms with Crippen molar-refractivity contribution in [2.45, 2.75) is 49.7 Å². The molecule has 1 aromatic heterocycles. The van der Waals surface area contributed by atoms with E-state index in [9.17, 15) is 33.5 Å². The Labute approximate surface area is 256 Å². The molecule has 2 heterocycles. The second kappa shape index (κ2) is 13.0. The predicted octanol–water partition coefficient (Wildman–Crippen LogP) is 4.16. The highest BCUT2D eigenvalue weighted by molar-refractivity contribution is 6.31. The van der Waals surface area contributed by atoms with E-state index in [0.29, 0.717) is 0 Å². The minimum atomic E-state index is -2.90. The van der Waals surface area contributed by atoms with Crippen molar-refractivity contribution >= 4 is 40.8 Å². The summed E-state index contributed by atoms with van der Waals surface area (Å²) in [5, 5.41) is 21.4. The summed E-state index contributed by atoms with van der Waals surface area (Å²) in [4.78, 5) is 48.4. The van der Waals surface area contributed by atoms with Crippen molar-refractivity contribution in [3.05, 3.63) is 83.0 Å². The zero-order valence-corrected chi connectivity index (χ0v) is 24.1. The molecule has 1 aliphatic heterocycles.